The molecule has 2 aliphatic rings. The third-order valence-corrected chi connectivity index (χ3v) is 7.06. The van der Waals surface area contributed by atoms with Crippen molar-refractivity contribution in [2.45, 2.75) is 36.1 Å². The zero-order chi connectivity index (χ0) is 24.0. The number of benzene rings is 2. The van der Waals surface area contributed by atoms with Gasteiger partial charge >= 0.3 is 12.0 Å². The summed E-state index contributed by atoms with van der Waals surface area (Å²) in [5.41, 5.74) is 0.660. The van der Waals surface area contributed by atoms with Crippen molar-refractivity contribution in [1.29, 1.82) is 0 Å². The standard InChI is InChI=1S/C25H27N3O5S/c29-21(26-14-7-15-34-19-10-2-1-3-11-19)17-33-22(30)16-28-23(31)25(27-24(28)32)13-6-9-18-8-4-5-12-20(18)25/h1-5,8,10-12H,6-7,9,13-17H2,(H,26,29)(H,27,32)/t25-/m1/s1. The topological polar surface area (TPSA) is 105 Å². The second-order valence-electron chi connectivity index (χ2n) is 8.26. The van der Waals surface area contributed by atoms with Gasteiger partial charge < -0.3 is 15.4 Å². The van der Waals surface area contributed by atoms with Gasteiger partial charge in [-0.15, -0.1) is 11.8 Å². The number of carbonyl (C=O) groups is 4. The number of aryl methyl sites for hydroxylation is 1. The average molecular weight is 482 g/mol. The summed E-state index contributed by atoms with van der Waals surface area (Å²) in [7, 11) is 0. The van der Waals surface area contributed by atoms with E-state index in [1.165, 1.54) is 4.90 Å². The molecule has 0 unspecified atom stereocenters. The van der Waals surface area contributed by atoms with Crippen LogP contribution in [0, 0.1) is 0 Å². The van der Waals surface area contributed by atoms with Gasteiger partial charge in [0.2, 0.25) is 0 Å². The van der Waals surface area contributed by atoms with Crippen LogP contribution in [0.3, 0.4) is 0 Å². The van der Waals surface area contributed by atoms with Gasteiger partial charge in [-0.3, -0.25) is 19.3 Å². The van der Waals surface area contributed by atoms with E-state index in [4.69, 9.17) is 4.74 Å². The molecule has 0 radical (unpaired) electrons. The van der Waals surface area contributed by atoms with Crippen molar-refractivity contribution in [3.63, 3.8) is 0 Å². The second kappa shape index (κ2) is 10.7. The van der Waals surface area contributed by atoms with Crippen LogP contribution in [0.15, 0.2) is 59.5 Å². The van der Waals surface area contributed by atoms with E-state index in [9.17, 15) is 19.2 Å². The van der Waals surface area contributed by atoms with E-state index in [1.807, 2.05) is 54.6 Å². The van der Waals surface area contributed by atoms with Crippen LogP contribution in [-0.4, -0.2) is 54.2 Å². The molecule has 0 bridgehead atoms. The van der Waals surface area contributed by atoms with Crippen LogP contribution < -0.4 is 10.6 Å². The lowest BCUT2D eigenvalue weighted by Crippen LogP contribution is -2.46. The molecule has 34 heavy (non-hydrogen) atoms. The maximum Gasteiger partial charge on any atom is 0.326 e. The molecule has 2 aromatic rings. The summed E-state index contributed by atoms with van der Waals surface area (Å²) in [6.07, 6.45) is 2.84. The summed E-state index contributed by atoms with van der Waals surface area (Å²) in [5.74, 6) is -0.837. The van der Waals surface area contributed by atoms with Crippen LogP contribution in [0.4, 0.5) is 4.79 Å². The first-order valence-electron chi connectivity index (χ1n) is 11.3. The first-order valence-corrected chi connectivity index (χ1v) is 12.3. The Morgan fingerprint density at radius 1 is 1.09 bits per heavy atom. The lowest BCUT2D eigenvalue weighted by Gasteiger charge is -2.33. The fraction of sp³-hybridized carbons (Fsp3) is 0.360. The number of urea groups is 1. The molecule has 0 aromatic heterocycles. The fourth-order valence-electron chi connectivity index (χ4n) is 4.33. The van der Waals surface area contributed by atoms with Crippen molar-refractivity contribution < 1.29 is 23.9 Å². The molecule has 0 saturated carbocycles. The normalized spacial score (nSPS) is 19.0. The number of hydrogen-bond donors (Lipinski definition) is 2. The van der Waals surface area contributed by atoms with Gasteiger partial charge in [-0.1, -0.05) is 42.5 Å². The summed E-state index contributed by atoms with van der Waals surface area (Å²) >= 11 is 1.70. The Balaban J connectivity index is 1.21. The monoisotopic (exact) mass is 481 g/mol. The molecular formula is C25H27N3O5S. The van der Waals surface area contributed by atoms with E-state index in [0.717, 1.165) is 41.0 Å². The van der Waals surface area contributed by atoms with E-state index < -0.39 is 42.5 Å². The number of amides is 4. The quantitative estimate of drug-likeness (QED) is 0.247. The number of ether oxygens (including phenoxy) is 1. The number of fused-ring (bicyclic) bond motifs is 2. The highest BCUT2D eigenvalue weighted by molar-refractivity contribution is 7.99. The van der Waals surface area contributed by atoms with Crippen LogP contribution in [0.25, 0.3) is 0 Å². The summed E-state index contributed by atoms with van der Waals surface area (Å²) in [6, 6.07) is 16.9. The SMILES string of the molecule is O=C(COC(=O)CN1C(=O)N[C@@]2(CCCc3ccccc32)C1=O)NCCCSc1ccccc1. The van der Waals surface area contributed by atoms with Gasteiger partial charge in [-0.2, -0.15) is 0 Å². The van der Waals surface area contributed by atoms with Gasteiger partial charge in [0.25, 0.3) is 11.8 Å². The van der Waals surface area contributed by atoms with Crippen molar-refractivity contribution in [2.75, 3.05) is 25.4 Å². The molecule has 2 aromatic carbocycles. The lowest BCUT2D eigenvalue weighted by atomic mass is 9.76. The van der Waals surface area contributed by atoms with Crippen LogP contribution in [0.5, 0.6) is 0 Å². The van der Waals surface area contributed by atoms with Gasteiger partial charge in [0, 0.05) is 11.4 Å². The van der Waals surface area contributed by atoms with E-state index in [1.54, 1.807) is 11.8 Å². The minimum absolute atomic E-state index is 0.423. The molecule has 1 atom stereocenters. The van der Waals surface area contributed by atoms with Crippen molar-refractivity contribution in [2.24, 2.45) is 0 Å². The van der Waals surface area contributed by atoms with E-state index in [2.05, 4.69) is 10.6 Å². The molecule has 2 N–H and O–H groups in total. The number of carbonyl (C=O) groups excluding carboxylic acids is 4. The van der Waals surface area contributed by atoms with Crippen LogP contribution in [-0.2, 0) is 31.1 Å². The van der Waals surface area contributed by atoms with Gasteiger partial charge in [0.05, 0.1) is 0 Å². The Hall–Kier alpha value is -3.33. The number of hydrogen-bond acceptors (Lipinski definition) is 6. The highest BCUT2D eigenvalue weighted by Crippen LogP contribution is 2.39. The molecule has 4 rings (SSSR count). The predicted octanol–water partition coefficient (Wildman–Crippen LogP) is 2.61. The van der Waals surface area contributed by atoms with Gasteiger partial charge in [0.1, 0.15) is 12.1 Å². The zero-order valence-corrected chi connectivity index (χ0v) is 19.6. The Labute approximate surface area is 202 Å². The van der Waals surface area contributed by atoms with Crippen LogP contribution in [0.2, 0.25) is 0 Å². The van der Waals surface area contributed by atoms with Crippen LogP contribution >= 0.6 is 11.8 Å². The van der Waals surface area contributed by atoms with Crippen molar-refractivity contribution in [1.82, 2.24) is 15.5 Å². The van der Waals surface area contributed by atoms with Gasteiger partial charge in [-0.05, 0) is 54.7 Å². The smallest absolute Gasteiger partial charge is 0.326 e. The van der Waals surface area contributed by atoms with E-state index in [0.29, 0.717) is 13.0 Å². The number of esters is 1. The second-order valence-corrected chi connectivity index (χ2v) is 9.43. The first kappa shape index (κ1) is 23.8. The Morgan fingerprint density at radius 3 is 2.68 bits per heavy atom. The van der Waals surface area contributed by atoms with Crippen molar-refractivity contribution in [3.05, 3.63) is 65.7 Å². The molecule has 1 heterocycles. The molecule has 1 saturated heterocycles. The van der Waals surface area contributed by atoms with Gasteiger partial charge in [0.15, 0.2) is 6.61 Å². The summed E-state index contributed by atoms with van der Waals surface area (Å²) in [5, 5.41) is 5.50. The number of thioether (sulfide) groups is 1. The van der Waals surface area contributed by atoms with Gasteiger partial charge in [-0.25, -0.2) is 4.79 Å². The third-order valence-electron chi connectivity index (χ3n) is 5.96. The van der Waals surface area contributed by atoms with Crippen LogP contribution in [0.1, 0.15) is 30.4 Å². The summed E-state index contributed by atoms with van der Waals surface area (Å²) in [6.45, 7) is -0.525. The molecule has 1 spiro atoms. The molecule has 8 nitrogen and oxygen atoms in total. The number of imide groups is 1. The minimum Gasteiger partial charge on any atom is -0.454 e. The number of nitrogens with zero attached hydrogens (tertiary/aromatic N) is 1. The molecule has 178 valence electrons. The third kappa shape index (κ3) is 5.25. The minimum atomic E-state index is -1.14. The van der Waals surface area contributed by atoms with E-state index >= 15 is 0 Å². The first-order chi connectivity index (χ1) is 16.5. The Bertz CT molecular complexity index is 1080. The maximum atomic E-state index is 13.2. The Kier molecular flexibility index (Phi) is 7.52. The van der Waals surface area contributed by atoms with E-state index in [-0.39, 0.29) is 0 Å². The largest absolute Gasteiger partial charge is 0.454 e. The van der Waals surface area contributed by atoms with Crippen molar-refractivity contribution in [3.8, 4) is 0 Å². The Morgan fingerprint density at radius 2 is 1.85 bits per heavy atom. The molecule has 1 fully saturated rings. The molecule has 1 aliphatic carbocycles. The maximum absolute atomic E-state index is 13.2. The molecular weight excluding hydrogens is 454 g/mol. The number of nitrogens with one attached hydrogen (secondary N) is 2. The predicted molar refractivity (Wildman–Crippen MR) is 127 cm³/mol. The highest BCUT2D eigenvalue weighted by atomic mass is 32.2. The molecule has 4 amide bonds. The average Bonchev–Trinajstić information content (AvgIpc) is 3.08. The number of rotatable bonds is 9. The fourth-order valence-corrected chi connectivity index (χ4v) is 5.21. The summed E-state index contributed by atoms with van der Waals surface area (Å²) in [4.78, 5) is 52.0. The molecule has 1 aliphatic heterocycles. The summed E-state index contributed by atoms with van der Waals surface area (Å²) < 4.78 is 5.00. The molecule has 9 heteroatoms. The van der Waals surface area contributed by atoms with Crippen molar-refractivity contribution >= 4 is 35.6 Å². The lowest BCUT2D eigenvalue weighted by molar-refractivity contribution is -0.151. The highest BCUT2D eigenvalue weighted by Gasteiger charge is 2.54. The zero-order valence-electron chi connectivity index (χ0n) is 18.7.